The predicted molar refractivity (Wildman–Crippen MR) is 122 cm³/mol. The van der Waals surface area contributed by atoms with E-state index in [0.717, 1.165) is 46.6 Å². The number of carbonyl (C=O) groups excluding carboxylic acids is 1. The first-order valence-electron chi connectivity index (χ1n) is 11.0. The number of pyridine rings is 2. The van der Waals surface area contributed by atoms with E-state index in [0.29, 0.717) is 24.7 Å². The van der Waals surface area contributed by atoms with E-state index in [-0.39, 0.29) is 11.7 Å². The van der Waals surface area contributed by atoms with Gasteiger partial charge in [0, 0.05) is 42.8 Å². The highest BCUT2D eigenvalue weighted by molar-refractivity contribution is 5.93. The van der Waals surface area contributed by atoms with E-state index in [2.05, 4.69) is 11.1 Å². The van der Waals surface area contributed by atoms with E-state index >= 15 is 0 Å². The third-order valence-corrected chi connectivity index (χ3v) is 6.25. The van der Waals surface area contributed by atoms with E-state index in [1.54, 1.807) is 12.1 Å². The highest BCUT2D eigenvalue weighted by Crippen LogP contribution is 2.31. The van der Waals surface area contributed by atoms with Gasteiger partial charge in [-0.15, -0.1) is 0 Å². The van der Waals surface area contributed by atoms with Gasteiger partial charge >= 0.3 is 0 Å². The fourth-order valence-corrected chi connectivity index (χ4v) is 4.51. The number of halogens is 1. The maximum absolute atomic E-state index is 13.3. The van der Waals surface area contributed by atoms with Gasteiger partial charge in [0.25, 0.3) is 5.91 Å². The summed E-state index contributed by atoms with van der Waals surface area (Å²) >= 11 is 0. The second kappa shape index (κ2) is 8.19. The fourth-order valence-electron chi connectivity index (χ4n) is 4.51. The number of aryl methyl sites for hydroxylation is 2. The summed E-state index contributed by atoms with van der Waals surface area (Å²) in [7, 11) is 0. The summed E-state index contributed by atoms with van der Waals surface area (Å²) in [5, 5.41) is 0. The van der Waals surface area contributed by atoms with Crippen LogP contribution in [0.15, 0.2) is 60.9 Å². The third-order valence-electron chi connectivity index (χ3n) is 6.25. The molecular formula is C26H25FN4O. The Morgan fingerprint density at radius 2 is 1.75 bits per heavy atom. The van der Waals surface area contributed by atoms with Crippen LogP contribution >= 0.6 is 0 Å². The Hall–Kier alpha value is -3.54. The normalized spacial score (nSPS) is 14.8. The minimum Gasteiger partial charge on any atom is -0.337 e. The molecule has 5 nitrogen and oxygen atoms in total. The molecule has 32 heavy (non-hydrogen) atoms. The molecule has 0 saturated carbocycles. The van der Waals surface area contributed by atoms with Gasteiger partial charge in [0.2, 0.25) is 0 Å². The lowest BCUT2D eigenvalue weighted by atomic mass is 9.91. The summed E-state index contributed by atoms with van der Waals surface area (Å²) in [6.07, 6.45) is 5.45. The number of piperidine rings is 1. The molecule has 4 aromatic rings. The van der Waals surface area contributed by atoms with Gasteiger partial charge in [-0.25, -0.2) is 9.37 Å². The Bertz CT molecular complexity index is 1290. The number of hydrogen-bond acceptors (Lipinski definition) is 3. The number of amides is 1. The van der Waals surface area contributed by atoms with Crippen LogP contribution in [0.25, 0.3) is 16.8 Å². The Labute approximate surface area is 186 Å². The molecule has 1 aliphatic rings. The van der Waals surface area contributed by atoms with Gasteiger partial charge in [-0.1, -0.05) is 18.2 Å². The molecule has 1 aliphatic heterocycles. The van der Waals surface area contributed by atoms with Gasteiger partial charge in [0.05, 0.1) is 0 Å². The number of benzene rings is 1. The molecular weight excluding hydrogens is 403 g/mol. The van der Waals surface area contributed by atoms with Crippen LogP contribution in [0.4, 0.5) is 4.39 Å². The molecule has 0 bridgehead atoms. The molecule has 0 radical (unpaired) electrons. The van der Waals surface area contributed by atoms with E-state index in [9.17, 15) is 9.18 Å². The first-order valence-corrected chi connectivity index (χ1v) is 11.0. The van der Waals surface area contributed by atoms with Crippen molar-refractivity contribution in [2.45, 2.75) is 32.6 Å². The number of hydrogen-bond donors (Lipinski definition) is 0. The molecule has 6 heteroatoms. The van der Waals surface area contributed by atoms with Crippen molar-refractivity contribution in [2.24, 2.45) is 0 Å². The molecule has 0 unspecified atom stereocenters. The SMILES string of the molecule is Cc1cc(-c2ccc(F)cc2)cc(C2CCN(C(=O)c3cn4cccc(C)c4n3)CC2)n1. The van der Waals surface area contributed by atoms with Crippen LogP contribution in [-0.4, -0.2) is 38.3 Å². The van der Waals surface area contributed by atoms with Crippen molar-refractivity contribution in [3.05, 3.63) is 89.4 Å². The van der Waals surface area contributed by atoms with Gasteiger partial charge in [-0.3, -0.25) is 9.78 Å². The molecule has 0 N–H and O–H groups in total. The molecule has 1 fully saturated rings. The maximum Gasteiger partial charge on any atom is 0.274 e. The van der Waals surface area contributed by atoms with Gasteiger partial charge in [-0.2, -0.15) is 0 Å². The Kier molecular flexibility index (Phi) is 5.21. The summed E-state index contributed by atoms with van der Waals surface area (Å²) in [6.45, 7) is 5.34. The lowest BCUT2D eigenvalue weighted by Crippen LogP contribution is -2.38. The third kappa shape index (κ3) is 3.88. The molecule has 0 atom stereocenters. The van der Waals surface area contributed by atoms with Gasteiger partial charge < -0.3 is 9.30 Å². The van der Waals surface area contributed by atoms with Crippen LogP contribution in [0, 0.1) is 19.7 Å². The van der Waals surface area contributed by atoms with Crippen LogP contribution in [0.2, 0.25) is 0 Å². The molecule has 1 amide bonds. The lowest BCUT2D eigenvalue weighted by molar-refractivity contribution is 0.0707. The number of imidazole rings is 1. The topological polar surface area (TPSA) is 50.5 Å². The Morgan fingerprint density at radius 3 is 2.47 bits per heavy atom. The number of nitrogens with zero attached hydrogens (tertiary/aromatic N) is 4. The largest absolute Gasteiger partial charge is 0.337 e. The zero-order valence-corrected chi connectivity index (χ0v) is 18.3. The van der Waals surface area contributed by atoms with Crippen LogP contribution < -0.4 is 0 Å². The van der Waals surface area contributed by atoms with Crippen molar-refractivity contribution < 1.29 is 9.18 Å². The van der Waals surface area contributed by atoms with E-state index < -0.39 is 0 Å². The minimum atomic E-state index is -0.238. The van der Waals surface area contributed by atoms with E-state index in [1.807, 2.05) is 53.7 Å². The zero-order valence-electron chi connectivity index (χ0n) is 18.3. The first kappa shape index (κ1) is 20.4. The molecule has 5 rings (SSSR count). The molecule has 0 aliphatic carbocycles. The highest BCUT2D eigenvalue weighted by Gasteiger charge is 2.27. The summed E-state index contributed by atoms with van der Waals surface area (Å²) in [5.41, 5.74) is 6.37. The monoisotopic (exact) mass is 428 g/mol. The summed E-state index contributed by atoms with van der Waals surface area (Å²) in [5.74, 6) is 0.0368. The molecule has 1 aromatic carbocycles. The number of fused-ring (bicyclic) bond motifs is 1. The number of likely N-dealkylation sites (tertiary alicyclic amines) is 1. The van der Waals surface area contributed by atoms with Crippen LogP contribution in [0.5, 0.6) is 0 Å². The molecule has 1 saturated heterocycles. The van der Waals surface area contributed by atoms with Gasteiger partial charge in [-0.05, 0) is 73.7 Å². The van der Waals surface area contributed by atoms with Crippen molar-refractivity contribution >= 4 is 11.6 Å². The second-order valence-corrected chi connectivity index (χ2v) is 8.54. The molecule has 0 spiro atoms. The maximum atomic E-state index is 13.3. The van der Waals surface area contributed by atoms with Crippen molar-refractivity contribution in [3.8, 4) is 11.1 Å². The summed E-state index contributed by atoms with van der Waals surface area (Å²) in [4.78, 5) is 24.3. The van der Waals surface area contributed by atoms with Crippen LogP contribution in [-0.2, 0) is 0 Å². The average Bonchev–Trinajstić information content (AvgIpc) is 3.25. The highest BCUT2D eigenvalue weighted by atomic mass is 19.1. The predicted octanol–water partition coefficient (Wildman–Crippen LogP) is 5.17. The molecule has 4 heterocycles. The Morgan fingerprint density at radius 1 is 1.00 bits per heavy atom. The van der Waals surface area contributed by atoms with Crippen molar-refractivity contribution in [3.63, 3.8) is 0 Å². The van der Waals surface area contributed by atoms with Gasteiger partial charge in [0.15, 0.2) is 0 Å². The van der Waals surface area contributed by atoms with E-state index in [1.165, 1.54) is 12.1 Å². The van der Waals surface area contributed by atoms with Crippen molar-refractivity contribution in [1.29, 1.82) is 0 Å². The second-order valence-electron chi connectivity index (χ2n) is 8.54. The number of rotatable bonds is 3. The average molecular weight is 429 g/mol. The number of carbonyl (C=O) groups is 1. The lowest BCUT2D eigenvalue weighted by Gasteiger charge is -2.31. The standard InChI is InChI=1S/C26H25FN4O/c1-17-4-3-11-31-16-24(29-25(17)31)26(32)30-12-9-20(10-13-30)23-15-21(14-18(2)28-23)19-5-7-22(27)8-6-19/h3-8,11,14-16,20H,9-10,12-13H2,1-2H3. The zero-order chi connectivity index (χ0) is 22.2. The quantitative estimate of drug-likeness (QED) is 0.452. The van der Waals surface area contributed by atoms with Crippen LogP contribution in [0.1, 0.15) is 46.2 Å². The molecule has 3 aromatic heterocycles. The summed E-state index contributed by atoms with van der Waals surface area (Å²) in [6, 6.07) is 14.6. The minimum absolute atomic E-state index is 0.0178. The van der Waals surface area contributed by atoms with Crippen molar-refractivity contribution in [1.82, 2.24) is 19.3 Å². The number of aromatic nitrogens is 3. The fraction of sp³-hybridized carbons (Fsp3) is 0.269. The van der Waals surface area contributed by atoms with Crippen LogP contribution in [0.3, 0.4) is 0 Å². The first-order chi connectivity index (χ1) is 15.5. The van der Waals surface area contributed by atoms with Crippen molar-refractivity contribution in [2.75, 3.05) is 13.1 Å². The van der Waals surface area contributed by atoms with Gasteiger partial charge in [0.1, 0.15) is 17.2 Å². The smallest absolute Gasteiger partial charge is 0.274 e. The summed E-state index contributed by atoms with van der Waals surface area (Å²) < 4.78 is 15.2. The van der Waals surface area contributed by atoms with E-state index in [4.69, 9.17) is 4.98 Å². The molecule has 162 valence electrons. The Balaban J connectivity index is 1.31.